The molecule has 0 fully saturated rings. The highest BCUT2D eigenvalue weighted by Gasteiger charge is 2.08. The smallest absolute Gasteiger partial charge is 0.0702 e. The van der Waals surface area contributed by atoms with Crippen LogP contribution in [0.15, 0.2) is 40.2 Å². The van der Waals surface area contributed by atoms with Gasteiger partial charge in [-0.25, -0.2) is 0 Å². The van der Waals surface area contributed by atoms with Gasteiger partial charge in [0, 0.05) is 10.6 Å². The molecule has 1 N–H and O–H groups in total. The van der Waals surface area contributed by atoms with Crippen LogP contribution in [-0.4, -0.2) is 0 Å². The van der Waals surface area contributed by atoms with Gasteiger partial charge in [-0.3, -0.25) is 0 Å². The predicted octanol–water partition coefficient (Wildman–Crippen LogP) is 4.99. The first-order chi connectivity index (χ1) is 7.66. The molecule has 1 aromatic heterocycles. The maximum Gasteiger partial charge on any atom is 0.0702 e. The number of benzene rings is 1. The lowest BCUT2D eigenvalue weighted by molar-refractivity contribution is 0.905. The molecule has 0 saturated carbocycles. The van der Waals surface area contributed by atoms with Gasteiger partial charge in [0.1, 0.15) is 0 Å². The van der Waals surface area contributed by atoms with E-state index in [2.05, 4.69) is 71.5 Å². The Kier molecular flexibility index (Phi) is 3.66. The lowest BCUT2D eigenvalue weighted by Crippen LogP contribution is -2.05. The summed E-state index contributed by atoms with van der Waals surface area (Å²) >= 11 is 5.27. The summed E-state index contributed by atoms with van der Waals surface area (Å²) in [5.41, 5.74) is 2.49. The number of anilines is 1. The first kappa shape index (κ1) is 11.7. The van der Waals surface area contributed by atoms with Crippen molar-refractivity contribution in [2.75, 3.05) is 5.32 Å². The van der Waals surface area contributed by atoms with Gasteiger partial charge in [0.25, 0.3) is 0 Å². The van der Waals surface area contributed by atoms with Gasteiger partial charge >= 0.3 is 0 Å². The molecule has 0 radical (unpaired) electrons. The van der Waals surface area contributed by atoms with Gasteiger partial charge in [0.15, 0.2) is 0 Å². The number of aryl methyl sites for hydroxylation is 1. The topological polar surface area (TPSA) is 12.0 Å². The summed E-state index contributed by atoms with van der Waals surface area (Å²) in [5.74, 6) is 0. The minimum atomic E-state index is 0.345. The van der Waals surface area contributed by atoms with Crippen LogP contribution in [0.4, 0.5) is 5.69 Å². The van der Waals surface area contributed by atoms with Gasteiger partial charge in [-0.1, -0.05) is 18.2 Å². The molecule has 1 heterocycles. The van der Waals surface area contributed by atoms with Crippen molar-refractivity contribution >= 4 is 33.0 Å². The molecule has 1 unspecified atom stereocenters. The van der Waals surface area contributed by atoms with Gasteiger partial charge in [-0.15, -0.1) is 11.3 Å². The van der Waals surface area contributed by atoms with Crippen LogP contribution in [-0.2, 0) is 0 Å². The standard InChI is InChI=1S/C13H14BrNS/c1-9-5-3-4-6-11(9)15-10(2)12-7-8-13(14)16-12/h3-8,10,15H,1-2H3. The zero-order valence-corrected chi connectivity index (χ0v) is 11.7. The Labute approximate surface area is 109 Å². The van der Waals surface area contributed by atoms with Crippen LogP contribution < -0.4 is 5.32 Å². The third-order valence-corrected chi connectivity index (χ3v) is 4.34. The Morgan fingerprint density at radius 3 is 2.56 bits per heavy atom. The fourth-order valence-corrected chi connectivity index (χ4v) is 3.03. The fourth-order valence-electron chi connectivity index (χ4n) is 1.60. The molecule has 16 heavy (non-hydrogen) atoms. The highest BCUT2D eigenvalue weighted by Crippen LogP contribution is 2.29. The molecule has 0 aliphatic rings. The summed E-state index contributed by atoms with van der Waals surface area (Å²) in [6, 6.07) is 13.0. The normalized spacial score (nSPS) is 12.4. The Morgan fingerprint density at radius 2 is 1.94 bits per heavy atom. The largest absolute Gasteiger partial charge is 0.377 e. The van der Waals surface area contributed by atoms with Crippen LogP contribution in [0.5, 0.6) is 0 Å². The molecule has 0 saturated heterocycles. The summed E-state index contributed by atoms with van der Waals surface area (Å²) in [7, 11) is 0. The van der Waals surface area contributed by atoms with Crippen LogP contribution in [0.25, 0.3) is 0 Å². The summed E-state index contributed by atoms with van der Waals surface area (Å²) in [6.07, 6.45) is 0. The van der Waals surface area contributed by atoms with E-state index in [1.807, 2.05) is 0 Å². The fraction of sp³-hybridized carbons (Fsp3) is 0.231. The predicted molar refractivity (Wildman–Crippen MR) is 75.2 cm³/mol. The zero-order chi connectivity index (χ0) is 11.5. The van der Waals surface area contributed by atoms with Gasteiger partial charge in [-0.2, -0.15) is 0 Å². The average molecular weight is 296 g/mol. The number of rotatable bonds is 3. The Hall–Kier alpha value is -0.800. The summed E-state index contributed by atoms with van der Waals surface area (Å²) in [5, 5.41) is 3.53. The molecule has 1 aromatic carbocycles. The van der Waals surface area contributed by atoms with E-state index in [9.17, 15) is 0 Å². The van der Waals surface area contributed by atoms with Crippen molar-refractivity contribution in [1.29, 1.82) is 0 Å². The molecular weight excluding hydrogens is 282 g/mol. The van der Waals surface area contributed by atoms with Crippen LogP contribution in [0.3, 0.4) is 0 Å². The zero-order valence-electron chi connectivity index (χ0n) is 9.33. The molecule has 1 nitrogen and oxygen atoms in total. The number of para-hydroxylation sites is 1. The van der Waals surface area contributed by atoms with Crippen LogP contribution >= 0.6 is 27.3 Å². The molecule has 84 valence electrons. The molecule has 0 aliphatic carbocycles. The van der Waals surface area contributed by atoms with E-state index in [0.717, 1.165) is 0 Å². The quantitative estimate of drug-likeness (QED) is 0.841. The molecule has 1 atom stereocenters. The van der Waals surface area contributed by atoms with E-state index in [1.165, 1.54) is 19.9 Å². The third-order valence-electron chi connectivity index (χ3n) is 2.54. The van der Waals surface area contributed by atoms with E-state index >= 15 is 0 Å². The first-order valence-electron chi connectivity index (χ1n) is 5.24. The highest BCUT2D eigenvalue weighted by atomic mass is 79.9. The van der Waals surface area contributed by atoms with Crippen molar-refractivity contribution in [2.45, 2.75) is 19.9 Å². The maximum absolute atomic E-state index is 3.53. The van der Waals surface area contributed by atoms with E-state index < -0.39 is 0 Å². The van der Waals surface area contributed by atoms with Crippen molar-refractivity contribution in [1.82, 2.24) is 0 Å². The van der Waals surface area contributed by atoms with Gasteiger partial charge in [0.2, 0.25) is 0 Å². The minimum Gasteiger partial charge on any atom is -0.377 e. The number of halogens is 1. The molecule has 0 aliphatic heterocycles. The third kappa shape index (κ3) is 2.66. The second-order valence-electron chi connectivity index (χ2n) is 3.82. The SMILES string of the molecule is Cc1ccccc1NC(C)c1ccc(Br)s1. The number of hydrogen-bond acceptors (Lipinski definition) is 2. The van der Waals surface area contributed by atoms with E-state index in [0.29, 0.717) is 6.04 Å². The van der Waals surface area contributed by atoms with Gasteiger partial charge < -0.3 is 5.32 Å². The van der Waals surface area contributed by atoms with Crippen LogP contribution in [0.2, 0.25) is 0 Å². The molecule has 0 spiro atoms. The molecule has 3 heteroatoms. The summed E-state index contributed by atoms with van der Waals surface area (Å²) in [4.78, 5) is 1.34. The molecule has 0 amide bonds. The van der Waals surface area contributed by atoms with Crippen molar-refractivity contribution in [3.05, 3.63) is 50.6 Å². The average Bonchev–Trinajstić information content (AvgIpc) is 2.68. The van der Waals surface area contributed by atoms with Crippen LogP contribution in [0.1, 0.15) is 23.4 Å². The molecule has 0 bridgehead atoms. The van der Waals surface area contributed by atoms with Crippen molar-refractivity contribution in [3.8, 4) is 0 Å². The maximum atomic E-state index is 3.53. The minimum absolute atomic E-state index is 0.345. The van der Waals surface area contributed by atoms with Gasteiger partial charge in [-0.05, 0) is 53.5 Å². The molecule has 2 aromatic rings. The van der Waals surface area contributed by atoms with Crippen molar-refractivity contribution < 1.29 is 0 Å². The second-order valence-corrected chi connectivity index (χ2v) is 6.32. The number of nitrogens with one attached hydrogen (secondary N) is 1. The first-order valence-corrected chi connectivity index (χ1v) is 6.85. The summed E-state index contributed by atoms with van der Waals surface area (Å²) < 4.78 is 1.18. The number of thiophene rings is 1. The molecular formula is C13H14BrNS. The summed E-state index contributed by atoms with van der Waals surface area (Å²) in [6.45, 7) is 4.31. The van der Waals surface area contributed by atoms with Crippen LogP contribution in [0, 0.1) is 6.92 Å². The van der Waals surface area contributed by atoms with Crippen molar-refractivity contribution in [2.24, 2.45) is 0 Å². The Morgan fingerprint density at radius 1 is 1.19 bits per heavy atom. The van der Waals surface area contributed by atoms with Gasteiger partial charge in [0.05, 0.1) is 9.83 Å². The van der Waals surface area contributed by atoms with E-state index in [-0.39, 0.29) is 0 Å². The Balaban J connectivity index is 2.13. The molecule has 2 rings (SSSR count). The number of hydrogen-bond donors (Lipinski definition) is 1. The van der Waals surface area contributed by atoms with Crippen molar-refractivity contribution in [3.63, 3.8) is 0 Å². The lowest BCUT2D eigenvalue weighted by Gasteiger charge is -2.15. The monoisotopic (exact) mass is 295 g/mol. The highest BCUT2D eigenvalue weighted by molar-refractivity contribution is 9.11. The van der Waals surface area contributed by atoms with E-state index in [1.54, 1.807) is 11.3 Å². The van der Waals surface area contributed by atoms with E-state index in [4.69, 9.17) is 0 Å². The Bertz CT molecular complexity index is 478. The second kappa shape index (κ2) is 5.02. The lowest BCUT2D eigenvalue weighted by atomic mass is 10.2.